The molecule has 0 unspecified atom stereocenters. The molecule has 0 amide bonds. The van der Waals surface area contributed by atoms with Crippen molar-refractivity contribution in [3.05, 3.63) is 28.8 Å². The van der Waals surface area contributed by atoms with E-state index in [0.717, 1.165) is 6.42 Å². The van der Waals surface area contributed by atoms with Gasteiger partial charge in [0.15, 0.2) is 0 Å². The molecule has 0 radical (unpaired) electrons. The molecule has 0 heterocycles. The van der Waals surface area contributed by atoms with Crippen molar-refractivity contribution in [1.29, 1.82) is 0 Å². The summed E-state index contributed by atoms with van der Waals surface area (Å²) in [6, 6.07) is 0. The van der Waals surface area contributed by atoms with E-state index >= 15 is 0 Å². The summed E-state index contributed by atoms with van der Waals surface area (Å²) in [6.45, 7) is 2.56. The van der Waals surface area contributed by atoms with Gasteiger partial charge < -0.3 is 4.74 Å². The predicted octanol–water partition coefficient (Wildman–Crippen LogP) is 3.56. The quantitative estimate of drug-likeness (QED) is 0.495. The lowest BCUT2D eigenvalue weighted by Crippen LogP contribution is -2.06. The van der Waals surface area contributed by atoms with E-state index < -0.39 is 0 Å². The average molecular weight is 209 g/mol. The van der Waals surface area contributed by atoms with Crippen LogP contribution in [0, 0.1) is 4.91 Å². The SMILES string of the molecule is CC/C=C(\C=C/COC1CCCC1)N=O. The molecular formula is C12H19NO2. The van der Waals surface area contributed by atoms with Crippen molar-refractivity contribution in [2.24, 2.45) is 5.18 Å². The van der Waals surface area contributed by atoms with Crippen LogP contribution in [0.1, 0.15) is 39.0 Å². The maximum atomic E-state index is 10.3. The Bertz CT molecular complexity index is 240. The van der Waals surface area contributed by atoms with E-state index in [1.54, 1.807) is 12.2 Å². The van der Waals surface area contributed by atoms with Gasteiger partial charge in [-0.3, -0.25) is 0 Å². The van der Waals surface area contributed by atoms with Crippen molar-refractivity contribution in [1.82, 2.24) is 0 Å². The number of ether oxygens (including phenoxy) is 1. The molecule has 1 saturated carbocycles. The summed E-state index contributed by atoms with van der Waals surface area (Å²) in [5.41, 5.74) is 0.493. The van der Waals surface area contributed by atoms with Crippen molar-refractivity contribution in [2.75, 3.05) is 6.61 Å². The second kappa shape index (κ2) is 7.35. The molecule has 1 aliphatic rings. The summed E-state index contributed by atoms with van der Waals surface area (Å²) in [4.78, 5) is 10.3. The van der Waals surface area contributed by atoms with Crippen molar-refractivity contribution >= 4 is 0 Å². The van der Waals surface area contributed by atoms with Crippen LogP contribution < -0.4 is 0 Å². The minimum atomic E-state index is 0.428. The van der Waals surface area contributed by atoms with E-state index in [2.05, 4.69) is 5.18 Å². The Hall–Kier alpha value is -0.960. The number of rotatable bonds is 6. The fraction of sp³-hybridized carbons (Fsp3) is 0.667. The van der Waals surface area contributed by atoms with Gasteiger partial charge in [0.25, 0.3) is 0 Å². The van der Waals surface area contributed by atoms with Crippen LogP contribution in [-0.2, 0) is 4.74 Å². The molecule has 3 heteroatoms. The highest BCUT2D eigenvalue weighted by atomic mass is 16.5. The molecule has 1 aliphatic carbocycles. The zero-order valence-electron chi connectivity index (χ0n) is 9.32. The van der Waals surface area contributed by atoms with Crippen LogP contribution in [0.4, 0.5) is 0 Å². The van der Waals surface area contributed by atoms with Crippen LogP contribution in [0.25, 0.3) is 0 Å². The third-order valence-corrected chi connectivity index (χ3v) is 2.54. The maximum Gasteiger partial charge on any atom is 0.103 e. The van der Waals surface area contributed by atoms with Crippen LogP contribution in [0.15, 0.2) is 29.1 Å². The smallest absolute Gasteiger partial charge is 0.103 e. The van der Waals surface area contributed by atoms with Crippen LogP contribution in [0.3, 0.4) is 0 Å². The van der Waals surface area contributed by atoms with Gasteiger partial charge in [0.05, 0.1) is 12.7 Å². The highest BCUT2D eigenvalue weighted by Gasteiger charge is 2.13. The third-order valence-electron chi connectivity index (χ3n) is 2.54. The molecule has 0 aliphatic heterocycles. The molecule has 0 spiro atoms. The van der Waals surface area contributed by atoms with Crippen LogP contribution in [-0.4, -0.2) is 12.7 Å². The first-order valence-electron chi connectivity index (χ1n) is 5.68. The van der Waals surface area contributed by atoms with Crippen molar-refractivity contribution in [3.63, 3.8) is 0 Å². The standard InChI is InChI=1S/C12H19NO2/c1-2-6-11(13-14)7-5-10-15-12-8-3-4-9-12/h5-7,12H,2-4,8-10H2,1H3/b7-5-,11-6+. The minimum Gasteiger partial charge on any atom is -0.374 e. The molecule has 15 heavy (non-hydrogen) atoms. The molecular weight excluding hydrogens is 190 g/mol. The zero-order chi connectivity index (χ0) is 10.9. The van der Waals surface area contributed by atoms with E-state index in [1.807, 2.05) is 13.0 Å². The third kappa shape index (κ3) is 4.88. The van der Waals surface area contributed by atoms with Gasteiger partial charge in [-0.1, -0.05) is 31.9 Å². The Balaban J connectivity index is 2.19. The highest BCUT2D eigenvalue weighted by Crippen LogP contribution is 2.20. The molecule has 0 saturated heterocycles. The summed E-state index contributed by atoms with van der Waals surface area (Å²) in [5.74, 6) is 0. The lowest BCUT2D eigenvalue weighted by molar-refractivity contribution is 0.0800. The van der Waals surface area contributed by atoms with Crippen LogP contribution >= 0.6 is 0 Å². The van der Waals surface area contributed by atoms with E-state index in [4.69, 9.17) is 4.74 Å². The summed E-state index contributed by atoms with van der Waals surface area (Å²) in [7, 11) is 0. The lowest BCUT2D eigenvalue weighted by Gasteiger charge is -2.07. The number of nitroso groups, excluding NO2 is 1. The van der Waals surface area contributed by atoms with Crippen molar-refractivity contribution in [3.8, 4) is 0 Å². The van der Waals surface area contributed by atoms with E-state index in [1.165, 1.54) is 25.7 Å². The normalized spacial score (nSPS) is 18.9. The highest BCUT2D eigenvalue weighted by molar-refractivity contribution is 5.16. The molecule has 0 aromatic rings. The lowest BCUT2D eigenvalue weighted by atomic mass is 10.3. The first kappa shape index (κ1) is 12.1. The Kier molecular flexibility index (Phi) is 5.93. The fourth-order valence-electron chi connectivity index (χ4n) is 1.76. The van der Waals surface area contributed by atoms with Crippen LogP contribution in [0.5, 0.6) is 0 Å². The van der Waals surface area contributed by atoms with Gasteiger partial charge in [-0.15, -0.1) is 4.91 Å². The molecule has 1 rings (SSSR count). The Labute approximate surface area is 91.2 Å². The Morgan fingerprint density at radius 3 is 2.80 bits per heavy atom. The molecule has 0 aromatic carbocycles. The number of hydrogen-bond donors (Lipinski definition) is 0. The molecule has 0 N–H and O–H groups in total. The van der Waals surface area contributed by atoms with Gasteiger partial charge in [-0.05, 0) is 30.5 Å². The predicted molar refractivity (Wildman–Crippen MR) is 61.5 cm³/mol. The molecule has 0 bridgehead atoms. The summed E-state index contributed by atoms with van der Waals surface area (Å²) >= 11 is 0. The molecule has 0 atom stereocenters. The van der Waals surface area contributed by atoms with Crippen LogP contribution in [0.2, 0.25) is 0 Å². The first-order valence-corrected chi connectivity index (χ1v) is 5.68. The van der Waals surface area contributed by atoms with Crippen molar-refractivity contribution in [2.45, 2.75) is 45.1 Å². The average Bonchev–Trinajstić information content (AvgIpc) is 2.75. The monoisotopic (exact) mass is 209 g/mol. The van der Waals surface area contributed by atoms with E-state index in [0.29, 0.717) is 18.4 Å². The van der Waals surface area contributed by atoms with Gasteiger partial charge in [0.2, 0.25) is 0 Å². The molecule has 0 aromatic heterocycles. The van der Waals surface area contributed by atoms with Gasteiger partial charge in [-0.2, -0.15) is 0 Å². The topological polar surface area (TPSA) is 38.7 Å². The number of hydrogen-bond acceptors (Lipinski definition) is 3. The van der Waals surface area contributed by atoms with E-state index in [9.17, 15) is 4.91 Å². The molecule has 84 valence electrons. The van der Waals surface area contributed by atoms with Gasteiger partial charge in [0.1, 0.15) is 5.70 Å². The Morgan fingerprint density at radius 2 is 2.20 bits per heavy atom. The number of allylic oxidation sites excluding steroid dienone is 2. The first-order chi connectivity index (χ1) is 7.36. The second-order valence-electron chi connectivity index (χ2n) is 3.77. The zero-order valence-corrected chi connectivity index (χ0v) is 9.32. The Morgan fingerprint density at radius 1 is 1.47 bits per heavy atom. The van der Waals surface area contributed by atoms with Gasteiger partial charge in [0, 0.05) is 0 Å². The number of nitrogens with zero attached hydrogens (tertiary/aromatic N) is 1. The molecule has 3 nitrogen and oxygen atoms in total. The molecule has 1 fully saturated rings. The largest absolute Gasteiger partial charge is 0.374 e. The van der Waals surface area contributed by atoms with Gasteiger partial charge in [-0.25, -0.2) is 0 Å². The minimum absolute atomic E-state index is 0.428. The second-order valence-corrected chi connectivity index (χ2v) is 3.77. The van der Waals surface area contributed by atoms with Crippen molar-refractivity contribution < 1.29 is 4.74 Å². The van der Waals surface area contributed by atoms with Gasteiger partial charge >= 0.3 is 0 Å². The maximum absolute atomic E-state index is 10.3. The summed E-state index contributed by atoms with van der Waals surface area (Å²) in [6.07, 6.45) is 11.6. The summed E-state index contributed by atoms with van der Waals surface area (Å²) in [5, 5.41) is 2.92. The fourth-order valence-corrected chi connectivity index (χ4v) is 1.76. The van der Waals surface area contributed by atoms with E-state index in [-0.39, 0.29) is 0 Å². The summed E-state index contributed by atoms with van der Waals surface area (Å²) < 4.78 is 5.62.